The summed E-state index contributed by atoms with van der Waals surface area (Å²) in [6, 6.07) is 31.4. The minimum Gasteiger partial charge on any atom is -0.494 e. The highest BCUT2D eigenvalue weighted by Crippen LogP contribution is 2.40. The minimum absolute atomic E-state index is 0.0168. The lowest BCUT2D eigenvalue weighted by Crippen LogP contribution is -2.52. The van der Waals surface area contributed by atoms with Crippen molar-refractivity contribution in [1.29, 1.82) is 0 Å². The van der Waals surface area contributed by atoms with Crippen LogP contribution in [0, 0.1) is 17.3 Å². The third-order valence-corrected chi connectivity index (χ3v) is 15.1. The molecule has 6 rings (SSSR count). The molecule has 0 radical (unpaired) electrons. The molecule has 2 unspecified atom stereocenters. The Morgan fingerprint density at radius 1 is 0.522 bits per heavy atom. The highest BCUT2D eigenvalue weighted by atomic mass is 16.5. The summed E-state index contributed by atoms with van der Waals surface area (Å²) in [5.74, 6) is 3.64. The molecule has 2 aliphatic rings. The predicted molar refractivity (Wildman–Crippen MR) is 274 cm³/mol. The Labute approximate surface area is 402 Å². The van der Waals surface area contributed by atoms with Crippen molar-refractivity contribution in [1.82, 2.24) is 0 Å². The lowest BCUT2D eigenvalue weighted by molar-refractivity contribution is -0.151. The van der Waals surface area contributed by atoms with E-state index < -0.39 is 29.2 Å². The van der Waals surface area contributed by atoms with Crippen LogP contribution in [0.2, 0.25) is 0 Å². The van der Waals surface area contributed by atoms with Gasteiger partial charge in [0, 0.05) is 11.4 Å². The van der Waals surface area contributed by atoms with Crippen LogP contribution in [0.25, 0.3) is 0 Å². The van der Waals surface area contributed by atoms with Crippen molar-refractivity contribution in [3.05, 3.63) is 119 Å². The summed E-state index contributed by atoms with van der Waals surface area (Å²) in [5.41, 5.74) is 15.7. The lowest BCUT2D eigenvalue weighted by atomic mass is 9.66. The van der Waals surface area contributed by atoms with Crippen molar-refractivity contribution in [2.24, 2.45) is 17.3 Å². The molecule has 2 atom stereocenters. The third-order valence-electron chi connectivity index (χ3n) is 15.1. The smallest absolute Gasteiger partial charge is 0.175 e. The monoisotopic (exact) mass is 915 g/mol. The van der Waals surface area contributed by atoms with E-state index in [1.807, 2.05) is 24.3 Å². The zero-order valence-corrected chi connectivity index (χ0v) is 40.9. The number of ether oxygens (including phenoxy) is 2. The molecule has 6 N–H and O–H groups in total. The van der Waals surface area contributed by atoms with Gasteiger partial charge in [-0.2, -0.15) is 0 Å². The normalized spacial score (nSPS) is 19.6. The molecule has 0 spiro atoms. The van der Waals surface area contributed by atoms with Crippen molar-refractivity contribution in [2.45, 2.75) is 179 Å². The van der Waals surface area contributed by atoms with Crippen molar-refractivity contribution in [3.63, 3.8) is 0 Å². The number of unbranched alkanes of at least 4 members (excludes halogenated alkanes) is 4. The molecule has 2 aliphatic carbocycles. The summed E-state index contributed by atoms with van der Waals surface area (Å²) >= 11 is 0. The van der Waals surface area contributed by atoms with Gasteiger partial charge in [0.05, 0.1) is 13.2 Å². The predicted octanol–water partition coefficient (Wildman–Crippen LogP) is 12.9. The first kappa shape index (κ1) is 51.7. The van der Waals surface area contributed by atoms with Crippen LogP contribution < -0.4 is 20.9 Å². The van der Waals surface area contributed by atoms with Crippen LogP contribution in [0.1, 0.15) is 176 Å². The van der Waals surface area contributed by atoms with Crippen LogP contribution in [0.5, 0.6) is 11.5 Å². The number of nitrogens with two attached hydrogens (primary N) is 2. The van der Waals surface area contributed by atoms with Crippen LogP contribution in [0.3, 0.4) is 0 Å². The second-order valence-corrected chi connectivity index (χ2v) is 20.2. The molecule has 8 heteroatoms. The Hall–Kier alpha value is -4.66. The third kappa shape index (κ3) is 15.7. The van der Waals surface area contributed by atoms with Gasteiger partial charge < -0.3 is 31.2 Å². The van der Waals surface area contributed by atoms with Gasteiger partial charge >= 0.3 is 0 Å². The van der Waals surface area contributed by atoms with Crippen molar-refractivity contribution >= 4 is 22.9 Å². The number of carbonyl (C=O) groups is 2. The first-order chi connectivity index (χ1) is 32.6. The number of benzene rings is 4. The molecule has 2 saturated carbocycles. The molecule has 0 bridgehead atoms. The molecule has 8 nitrogen and oxygen atoms in total. The quantitative estimate of drug-likeness (QED) is 0.0250. The van der Waals surface area contributed by atoms with E-state index in [-0.39, 0.29) is 25.7 Å². The van der Waals surface area contributed by atoms with E-state index in [9.17, 15) is 19.8 Å². The number of nitrogen functional groups attached to an aromatic ring is 2. The summed E-state index contributed by atoms with van der Waals surface area (Å²) in [5, 5.41) is 23.3. The Bertz CT molecular complexity index is 1880. The maximum Gasteiger partial charge on any atom is 0.175 e. The number of aliphatic hydroxyl groups excluding tert-OH is 2. The van der Waals surface area contributed by atoms with E-state index in [1.165, 1.54) is 88.2 Å². The molecule has 0 amide bonds. The Morgan fingerprint density at radius 2 is 0.881 bits per heavy atom. The zero-order valence-electron chi connectivity index (χ0n) is 40.9. The molecule has 4 aromatic carbocycles. The SMILES string of the molecule is CCCC1CCC(c2ccc(OCCCCCC(O)C(=O)C(Cc3ccc(N)cc3)(Cc3ccc(N)cc3)C(=O)C(O)CCCCCOc3ccc(C4CCC(CCC)CC4)cc3)cc2)CC1. The van der Waals surface area contributed by atoms with Gasteiger partial charge in [0.25, 0.3) is 0 Å². The largest absolute Gasteiger partial charge is 0.494 e. The zero-order chi connectivity index (χ0) is 47.4. The highest BCUT2D eigenvalue weighted by molar-refractivity contribution is 6.10. The van der Waals surface area contributed by atoms with Crippen LogP contribution in [-0.2, 0) is 22.4 Å². The molecule has 364 valence electrons. The number of Topliss-reactive ketones (excluding diaryl/α,β-unsaturated/α-hetero) is 2. The van der Waals surface area contributed by atoms with Gasteiger partial charge in [-0.15, -0.1) is 0 Å². The van der Waals surface area contributed by atoms with Crippen LogP contribution >= 0.6 is 0 Å². The number of aliphatic hydroxyl groups is 2. The maximum absolute atomic E-state index is 14.8. The molecule has 4 aromatic rings. The standard InChI is InChI=1S/C59H82N2O6/c1-3-11-43-15-23-47(24-16-43)49-27-35-53(36-28-49)66-39-9-5-7-13-55(62)57(64)59(41-45-19-31-51(60)32-20-45,42-46-21-33-52(61)34-22-46)58(65)56(63)14-8-6-10-40-67-54-37-29-50(30-38-54)48-25-17-44(12-4-2)18-26-48/h19-22,27-38,43-44,47-48,55-56,62-63H,3-18,23-26,39-42,60-61H2,1-2H3. The fourth-order valence-corrected chi connectivity index (χ4v) is 11.1. The Balaban J connectivity index is 1.01. The van der Waals surface area contributed by atoms with Gasteiger partial charge in [0.2, 0.25) is 0 Å². The van der Waals surface area contributed by atoms with Crippen LogP contribution in [0.4, 0.5) is 11.4 Å². The van der Waals surface area contributed by atoms with Crippen LogP contribution in [-0.4, -0.2) is 47.2 Å². The van der Waals surface area contributed by atoms with Crippen molar-refractivity contribution in [2.75, 3.05) is 24.7 Å². The molecule has 0 heterocycles. The number of hydrogen-bond acceptors (Lipinski definition) is 8. The number of hydrogen-bond donors (Lipinski definition) is 4. The molecule has 0 aliphatic heterocycles. The highest BCUT2D eigenvalue weighted by Gasteiger charge is 2.49. The van der Waals surface area contributed by atoms with Gasteiger partial charge in [-0.1, -0.05) is 101 Å². The molecule has 67 heavy (non-hydrogen) atoms. The summed E-state index contributed by atoms with van der Waals surface area (Å²) in [4.78, 5) is 29.5. The molecule has 0 saturated heterocycles. The number of carbonyl (C=O) groups excluding carboxylic acids is 2. The Kier molecular flexibility index (Phi) is 20.7. The van der Waals surface area contributed by atoms with Crippen LogP contribution in [0.15, 0.2) is 97.1 Å². The second-order valence-electron chi connectivity index (χ2n) is 20.2. The van der Waals surface area contributed by atoms with E-state index in [2.05, 4.69) is 62.4 Å². The topological polar surface area (TPSA) is 145 Å². The summed E-state index contributed by atoms with van der Waals surface area (Å²) < 4.78 is 12.2. The first-order valence-corrected chi connectivity index (χ1v) is 26.2. The van der Waals surface area contributed by atoms with Crippen molar-refractivity contribution < 1.29 is 29.3 Å². The van der Waals surface area contributed by atoms with E-state index >= 15 is 0 Å². The average molecular weight is 915 g/mol. The fraction of sp³-hybridized carbons (Fsp3) is 0.559. The number of ketones is 2. The van der Waals surface area contributed by atoms with E-state index in [0.717, 1.165) is 60.1 Å². The summed E-state index contributed by atoms with van der Waals surface area (Å²) in [7, 11) is 0. The maximum atomic E-state index is 14.8. The van der Waals surface area contributed by atoms with Gasteiger partial charge in [-0.3, -0.25) is 9.59 Å². The lowest BCUT2D eigenvalue weighted by Gasteiger charge is -2.35. The minimum atomic E-state index is -1.72. The van der Waals surface area contributed by atoms with Gasteiger partial charge in [-0.25, -0.2) is 0 Å². The van der Waals surface area contributed by atoms with Gasteiger partial charge in [-0.05, 0) is 197 Å². The summed E-state index contributed by atoms with van der Waals surface area (Å²) in [6.45, 7) is 5.64. The second kappa shape index (κ2) is 26.8. The molecular formula is C59H82N2O6. The Morgan fingerprint density at radius 3 is 1.22 bits per heavy atom. The molecular weight excluding hydrogens is 833 g/mol. The first-order valence-electron chi connectivity index (χ1n) is 26.2. The van der Waals surface area contributed by atoms with E-state index in [1.54, 1.807) is 24.3 Å². The van der Waals surface area contributed by atoms with Gasteiger partial charge in [0.1, 0.15) is 29.1 Å². The number of anilines is 2. The van der Waals surface area contributed by atoms with E-state index in [4.69, 9.17) is 20.9 Å². The van der Waals surface area contributed by atoms with E-state index in [0.29, 0.717) is 49.3 Å². The van der Waals surface area contributed by atoms with Crippen molar-refractivity contribution in [3.8, 4) is 11.5 Å². The molecule has 0 aromatic heterocycles. The fourth-order valence-electron chi connectivity index (χ4n) is 11.1. The molecule has 2 fully saturated rings. The average Bonchev–Trinajstić information content (AvgIpc) is 3.35. The van der Waals surface area contributed by atoms with Gasteiger partial charge in [0.15, 0.2) is 11.6 Å². The summed E-state index contributed by atoms with van der Waals surface area (Å²) in [6.07, 6.45) is 17.5. The number of rotatable bonds is 28.